The number of aliphatic hydroxyl groups excluding tert-OH is 1. The number of guanidine groups is 1. The van der Waals surface area contributed by atoms with Crippen LogP contribution in [0.25, 0.3) is 10.4 Å². The number of aliphatic carboxylic acids is 1. The van der Waals surface area contributed by atoms with Gasteiger partial charge in [-0.15, -0.1) is 5.11 Å². The fraction of sp³-hybridized carbons (Fsp3) is 0.460. The van der Waals surface area contributed by atoms with Crippen molar-refractivity contribution in [1.29, 1.82) is 0 Å². The number of nitrogens with two attached hydrogens (primary N) is 3. The van der Waals surface area contributed by atoms with Crippen molar-refractivity contribution in [3.63, 3.8) is 0 Å². The second-order valence-corrected chi connectivity index (χ2v) is 18.7. The molecule has 6 rings (SSSR count). The number of hydrogen-bond acceptors (Lipinski definition) is 15. The van der Waals surface area contributed by atoms with Crippen molar-refractivity contribution < 1.29 is 53.7 Å². The first-order valence-corrected chi connectivity index (χ1v) is 25.1. The topological polar surface area (TPSA) is 419 Å². The standard InChI is InChI=1S/C50H64N16O11/c51-33(10-4-20-55-50(52)53)46(73)66-23-7-13-40(66)48(75)65-22-5-11-38(65)44(71)56-27-42(69)57-35(26-30-14-19-41(68)34(25-30)62-60-31-15-17-32(18-16-31)61-63-54)43(70)59-37(28-67)47(74)64-21-6-12-39(64)45(72)58-36(49(76)77)24-29-8-2-1-3-9-29/h1-3,8-9,14-19,25,33,35-40,67-68H,4-7,10-13,20-24,26-28,51H2,(H,56,71)(H,57,69)(H,58,72)(H,59,70)(H,76,77)(H4,52,53,55)/t33-,35-,36-,37-,38-,39-,40-/m0/s1. The van der Waals surface area contributed by atoms with Crippen molar-refractivity contribution in [2.75, 3.05) is 39.3 Å². The molecule has 3 aliphatic heterocycles. The lowest BCUT2D eigenvalue weighted by Crippen LogP contribution is -2.59. The lowest BCUT2D eigenvalue weighted by Gasteiger charge is -2.32. The Morgan fingerprint density at radius 2 is 1.34 bits per heavy atom. The summed E-state index contributed by atoms with van der Waals surface area (Å²) in [6.45, 7) is -0.778. The van der Waals surface area contributed by atoms with E-state index >= 15 is 0 Å². The molecule has 0 aromatic heterocycles. The molecule has 0 bridgehead atoms. The smallest absolute Gasteiger partial charge is 0.326 e. The first-order chi connectivity index (χ1) is 37.0. The third-order valence-electron chi connectivity index (χ3n) is 13.3. The van der Waals surface area contributed by atoms with E-state index in [-0.39, 0.29) is 69.1 Å². The molecule has 3 aromatic rings. The van der Waals surface area contributed by atoms with Gasteiger partial charge in [0.1, 0.15) is 47.7 Å². The number of phenolic OH excluding ortho intramolecular Hbond substituents is 1. The summed E-state index contributed by atoms with van der Waals surface area (Å²) in [7, 11) is 0. The second kappa shape index (κ2) is 27.7. The molecule has 7 amide bonds. The van der Waals surface area contributed by atoms with E-state index in [1.54, 1.807) is 30.3 Å². The van der Waals surface area contributed by atoms with E-state index in [1.165, 1.54) is 52.3 Å². The normalized spacial score (nSPS) is 18.6. The molecule has 27 nitrogen and oxygen atoms in total. The van der Waals surface area contributed by atoms with Gasteiger partial charge in [0.2, 0.25) is 41.4 Å². The number of azide groups is 1. The molecule has 3 aromatic carbocycles. The van der Waals surface area contributed by atoms with E-state index in [4.69, 9.17) is 22.7 Å². The molecule has 7 atom stereocenters. The van der Waals surface area contributed by atoms with Crippen LogP contribution in [0.3, 0.4) is 0 Å². The Labute approximate surface area is 442 Å². The van der Waals surface area contributed by atoms with Crippen LogP contribution in [-0.4, -0.2) is 165 Å². The Balaban J connectivity index is 1.14. The number of carbonyl (C=O) groups excluding carboxylic acids is 7. The Morgan fingerprint density at radius 1 is 0.714 bits per heavy atom. The molecular weight excluding hydrogens is 1000 g/mol. The molecule has 410 valence electrons. The number of amides is 7. The summed E-state index contributed by atoms with van der Waals surface area (Å²) in [4.78, 5) is 120. The summed E-state index contributed by atoms with van der Waals surface area (Å²) in [5.41, 5.74) is 27.3. The monoisotopic (exact) mass is 1060 g/mol. The first-order valence-electron chi connectivity index (χ1n) is 25.1. The average Bonchev–Trinajstić information content (AvgIpc) is 4.24. The van der Waals surface area contributed by atoms with E-state index < -0.39 is 103 Å². The van der Waals surface area contributed by atoms with Gasteiger partial charge >= 0.3 is 5.97 Å². The summed E-state index contributed by atoms with van der Waals surface area (Å²) in [6.07, 6.45) is 2.52. The van der Waals surface area contributed by atoms with Crippen LogP contribution >= 0.6 is 0 Å². The molecule has 0 saturated carbocycles. The number of hydrogen-bond donors (Lipinski definition) is 10. The van der Waals surface area contributed by atoms with Crippen LogP contribution in [0, 0.1) is 0 Å². The number of carboxylic acids is 1. The maximum atomic E-state index is 14.3. The summed E-state index contributed by atoms with van der Waals surface area (Å²) in [6, 6.07) is 10.4. The molecule has 0 radical (unpaired) electrons. The number of nitrogens with zero attached hydrogens (tertiary/aromatic N) is 9. The minimum atomic E-state index is -1.65. The van der Waals surface area contributed by atoms with Crippen molar-refractivity contribution >= 4 is 70.3 Å². The zero-order valence-corrected chi connectivity index (χ0v) is 42.1. The maximum Gasteiger partial charge on any atom is 0.326 e. The van der Waals surface area contributed by atoms with E-state index in [1.807, 2.05) is 0 Å². The van der Waals surface area contributed by atoms with Gasteiger partial charge in [-0.3, -0.25) is 38.6 Å². The highest BCUT2D eigenvalue weighted by atomic mass is 16.4. The molecule has 3 saturated heterocycles. The first kappa shape index (κ1) is 57.6. The number of carbonyl (C=O) groups is 8. The largest absolute Gasteiger partial charge is 0.506 e. The van der Waals surface area contributed by atoms with Gasteiger partial charge in [0.05, 0.1) is 24.9 Å². The van der Waals surface area contributed by atoms with Crippen molar-refractivity contribution in [1.82, 2.24) is 36.0 Å². The van der Waals surface area contributed by atoms with Crippen molar-refractivity contribution in [3.8, 4) is 5.75 Å². The van der Waals surface area contributed by atoms with Gasteiger partial charge in [-0.1, -0.05) is 53.6 Å². The Morgan fingerprint density at radius 3 is 1.99 bits per heavy atom. The van der Waals surface area contributed by atoms with Crippen LogP contribution in [0.15, 0.2) is 93.1 Å². The summed E-state index contributed by atoms with van der Waals surface area (Å²) in [5.74, 6) is -6.62. The SMILES string of the molecule is [N-]=[N+]=Nc1ccc(N=Nc2cc(C[C@H](NC(=O)CNC(=O)[C@@H]3CCCN3C(=O)[C@@H]3CCCN3C(=O)[C@@H](N)CCCN=C(N)N)C(=O)N[C@@H](CO)C(=O)N3CCC[C@H]3C(=O)N[C@@H](Cc3ccccc3)C(=O)O)ccc2O)cc1. The quantitative estimate of drug-likeness (QED) is 0.0146. The van der Waals surface area contributed by atoms with E-state index in [9.17, 15) is 53.7 Å². The summed E-state index contributed by atoms with van der Waals surface area (Å²) in [5, 5.41) is 53.0. The third-order valence-corrected chi connectivity index (χ3v) is 13.3. The van der Waals surface area contributed by atoms with Crippen LogP contribution in [0.2, 0.25) is 0 Å². The number of rotatable bonds is 24. The molecule has 0 unspecified atom stereocenters. The van der Waals surface area contributed by atoms with Gasteiger partial charge in [-0.2, -0.15) is 5.11 Å². The molecule has 27 heteroatoms. The summed E-state index contributed by atoms with van der Waals surface area (Å²) >= 11 is 0. The van der Waals surface area contributed by atoms with Gasteiger partial charge < -0.3 is 68.5 Å². The van der Waals surface area contributed by atoms with Gasteiger partial charge in [-0.25, -0.2) is 4.79 Å². The van der Waals surface area contributed by atoms with Crippen LogP contribution in [-0.2, 0) is 51.2 Å². The number of phenols is 1. The molecule has 0 spiro atoms. The molecular formula is C50H64N16O11. The fourth-order valence-electron chi connectivity index (χ4n) is 9.42. The van der Waals surface area contributed by atoms with Gasteiger partial charge in [0.25, 0.3) is 0 Å². The van der Waals surface area contributed by atoms with Crippen molar-refractivity contribution in [3.05, 3.63) is 94.4 Å². The molecule has 0 aliphatic carbocycles. The number of nitrogens with one attached hydrogen (secondary N) is 4. The predicted molar refractivity (Wildman–Crippen MR) is 277 cm³/mol. The second-order valence-electron chi connectivity index (χ2n) is 18.7. The summed E-state index contributed by atoms with van der Waals surface area (Å²) < 4.78 is 0. The number of aliphatic hydroxyl groups is 1. The Kier molecular flexibility index (Phi) is 20.7. The number of azo groups is 1. The van der Waals surface area contributed by atoms with Crippen molar-refractivity contribution in [2.45, 2.75) is 107 Å². The predicted octanol–water partition coefficient (Wildman–Crippen LogP) is 0.536. The average molecular weight is 1070 g/mol. The molecule has 3 fully saturated rings. The number of aromatic hydroxyl groups is 1. The molecule has 3 heterocycles. The number of carboxylic acid groups (broad SMARTS) is 1. The zero-order chi connectivity index (χ0) is 55.6. The Hall–Kier alpha value is -8.68. The van der Waals surface area contributed by atoms with Crippen LogP contribution in [0.1, 0.15) is 62.5 Å². The molecule has 3 aliphatic rings. The highest BCUT2D eigenvalue weighted by molar-refractivity contribution is 5.97. The van der Waals surface area contributed by atoms with E-state index in [0.717, 1.165) is 4.90 Å². The van der Waals surface area contributed by atoms with Crippen LogP contribution < -0.4 is 38.5 Å². The molecule has 77 heavy (non-hydrogen) atoms. The number of benzene rings is 3. The van der Waals surface area contributed by atoms with E-state index in [0.29, 0.717) is 61.2 Å². The minimum Gasteiger partial charge on any atom is -0.506 e. The van der Waals surface area contributed by atoms with Gasteiger partial charge in [0, 0.05) is 49.6 Å². The number of likely N-dealkylation sites (tertiary alicyclic amines) is 3. The lowest BCUT2D eigenvalue weighted by molar-refractivity contribution is -0.147. The lowest BCUT2D eigenvalue weighted by atomic mass is 10.0. The van der Waals surface area contributed by atoms with Crippen LogP contribution in [0.5, 0.6) is 5.75 Å². The van der Waals surface area contributed by atoms with Gasteiger partial charge in [-0.05, 0) is 92.3 Å². The van der Waals surface area contributed by atoms with Gasteiger partial charge in [0.15, 0.2) is 5.96 Å². The Bertz CT molecular complexity index is 2740. The maximum absolute atomic E-state index is 14.3. The van der Waals surface area contributed by atoms with Crippen LogP contribution in [0.4, 0.5) is 17.1 Å². The molecule has 13 N–H and O–H groups in total. The third kappa shape index (κ3) is 15.9. The van der Waals surface area contributed by atoms with E-state index in [2.05, 4.69) is 46.5 Å². The number of aliphatic imine (C=N–C) groups is 1. The highest BCUT2D eigenvalue weighted by Crippen LogP contribution is 2.31. The fourth-order valence-corrected chi connectivity index (χ4v) is 9.42. The van der Waals surface area contributed by atoms with Crippen molar-refractivity contribution in [2.24, 2.45) is 37.5 Å². The minimum absolute atomic E-state index is 0.0309. The zero-order valence-electron chi connectivity index (χ0n) is 42.1. The highest BCUT2D eigenvalue weighted by Gasteiger charge is 2.43.